The van der Waals surface area contributed by atoms with Crippen LogP contribution >= 0.6 is 0 Å². The average Bonchev–Trinajstić information content (AvgIpc) is 3.17. The van der Waals surface area contributed by atoms with E-state index in [9.17, 15) is 77.3 Å². The van der Waals surface area contributed by atoms with Gasteiger partial charge in [0.2, 0.25) is 16.7 Å². The highest BCUT2D eigenvalue weighted by atomic mass is 19.4. The summed E-state index contributed by atoms with van der Waals surface area (Å²) in [7, 11) is 1.16. The van der Waals surface area contributed by atoms with Gasteiger partial charge in [0.05, 0.1) is 11.4 Å². The van der Waals surface area contributed by atoms with E-state index in [1.165, 1.54) is 13.8 Å². The Labute approximate surface area is 355 Å². The molecule has 0 atom stereocenters. The second kappa shape index (κ2) is 17.0. The van der Waals surface area contributed by atoms with Crippen LogP contribution in [-0.2, 0) is 15.6 Å². The number of halogens is 12. The zero-order chi connectivity index (χ0) is 48.0. The summed E-state index contributed by atoms with van der Waals surface area (Å²) >= 11 is 0. The van der Waals surface area contributed by atoms with Gasteiger partial charge in [0, 0.05) is 36.5 Å². The van der Waals surface area contributed by atoms with Crippen molar-refractivity contribution in [1.29, 1.82) is 0 Å². The van der Waals surface area contributed by atoms with Crippen LogP contribution in [0.3, 0.4) is 0 Å². The van der Waals surface area contributed by atoms with Gasteiger partial charge in [-0.05, 0) is 108 Å². The van der Waals surface area contributed by atoms with Crippen LogP contribution in [0, 0.1) is 13.8 Å². The van der Waals surface area contributed by atoms with Crippen molar-refractivity contribution in [1.82, 2.24) is 0 Å². The molecule has 5 aromatic rings. The number of phenols is 2. The minimum absolute atomic E-state index is 0.0191. The number of carbonyl (C=O) groups is 3. The van der Waals surface area contributed by atoms with E-state index in [2.05, 4.69) is 16.0 Å². The number of amides is 3. The molecular weight excluding hydrogens is 880 g/mol. The Hall–Kier alpha value is -6.93. The molecule has 0 heterocycles. The Bertz CT molecular complexity index is 2580. The Kier molecular flexibility index (Phi) is 12.8. The minimum Gasteiger partial charge on any atom is -0.506 e. The van der Waals surface area contributed by atoms with Gasteiger partial charge in [-0.25, -0.2) is 0 Å². The number of phenolic OH excluding ortho intramolecular Hbond substituents is 2. The molecule has 0 fully saturated rings. The Balaban J connectivity index is 1.47. The van der Waals surface area contributed by atoms with Gasteiger partial charge in [0.25, 0.3) is 11.8 Å². The molecular formula is C43H34F12N4O5. The van der Waals surface area contributed by atoms with E-state index >= 15 is 0 Å². The molecule has 0 unspecified atom stereocenters. The molecule has 0 saturated carbocycles. The van der Waals surface area contributed by atoms with Gasteiger partial charge in [-0.1, -0.05) is 36.4 Å². The number of hydrogen-bond acceptors (Lipinski definition) is 6. The lowest BCUT2D eigenvalue weighted by Crippen LogP contribution is -2.54. The van der Waals surface area contributed by atoms with Gasteiger partial charge in [-0.15, -0.1) is 0 Å². The number of hydrogen-bond donors (Lipinski definition) is 6. The van der Waals surface area contributed by atoms with E-state index in [4.69, 9.17) is 0 Å². The number of benzene rings is 5. The zero-order valence-electron chi connectivity index (χ0n) is 33.4. The van der Waals surface area contributed by atoms with E-state index in [-0.39, 0.29) is 34.0 Å². The van der Waals surface area contributed by atoms with Gasteiger partial charge in [-0.3, -0.25) is 14.4 Å². The van der Waals surface area contributed by atoms with Crippen LogP contribution in [0.15, 0.2) is 97.1 Å². The summed E-state index contributed by atoms with van der Waals surface area (Å²) in [6.07, 6.45) is -24.3. The standard InChI is InChI=1S/C43H34F12N4O5/c1-21-5-11-26(17-30(21)57-23(3)60)39(42(50,51)52,43(53,54)55)29-14-16-35(62)33(20-29)59-37(64)25-9-7-24(8-10-25)36(63)58-31-18-27(12-6-22(31)2)38(40(44,45)46,41(47,48)49)28-13-15-34(61)32(19-28)56-4/h5-20,56,61-62H,1-4H3,(H,57,60)(H,58,63)(H,59,64). The van der Waals surface area contributed by atoms with Crippen LogP contribution in [0.2, 0.25) is 0 Å². The second-order valence-electron chi connectivity index (χ2n) is 14.4. The van der Waals surface area contributed by atoms with Crippen molar-refractivity contribution >= 4 is 40.5 Å². The van der Waals surface area contributed by atoms with Crippen molar-refractivity contribution in [2.24, 2.45) is 0 Å². The third-order valence-electron chi connectivity index (χ3n) is 10.4. The summed E-state index contributed by atoms with van der Waals surface area (Å²) in [6, 6.07) is 10.5. The maximum Gasteiger partial charge on any atom is 0.411 e. The SMILES string of the molecule is CNc1cc(C(c2ccc(C)c(NC(=O)c3ccc(C(=O)Nc4cc(C(c5ccc(C)c(NC(C)=O)c5)(C(F)(F)F)C(F)(F)F)ccc4O)cc3)c2)(C(F)(F)F)C(F)(F)F)ccc1O. The first-order chi connectivity index (χ1) is 29.5. The molecule has 64 heavy (non-hydrogen) atoms. The number of anilines is 4. The van der Waals surface area contributed by atoms with Crippen molar-refractivity contribution in [3.8, 4) is 11.5 Å². The highest BCUT2D eigenvalue weighted by molar-refractivity contribution is 6.08. The van der Waals surface area contributed by atoms with Crippen molar-refractivity contribution in [2.45, 2.75) is 56.3 Å². The predicted octanol–water partition coefficient (Wildman–Crippen LogP) is 11.0. The number of aromatic hydroxyl groups is 2. The Morgan fingerprint density at radius 1 is 0.438 bits per heavy atom. The maximum atomic E-state index is 14.9. The predicted molar refractivity (Wildman–Crippen MR) is 211 cm³/mol. The molecule has 5 rings (SSSR count). The smallest absolute Gasteiger partial charge is 0.411 e. The lowest BCUT2D eigenvalue weighted by Gasteiger charge is -2.39. The number of nitrogens with one attached hydrogen (secondary N) is 4. The fraction of sp³-hybridized carbons (Fsp3) is 0.233. The van der Waals surface area contributed by atoms with Gasteiger partial charge in [-0.2, -0.15) is 52.7 Å². The van der Waals surface area contributed by atoms with Crippen LogP contribution in [0.1, 0.15) is 61.0 Å². The molecule has 9 nitrogen and oxygen atoms in total. The van der Waals surface area contributed by atoms with Gasteiger partial charge in [0.15, 0.2) is 0 Å². The van der Waals surface area contributed by atoms with Crippen LogP contribution in [0.5, 0.6) is 11.5 Å². The summed E-state index contributed by atoms with van der Waals surface area (Å²) in [6.45, 7) is 3.59. The maximum absolute atomic E-state index is 14.9. The normalized spacial score (nSPS) is 12.7. The molecule has 0 aromatic heterocycles. The summed E-state index contributed by atoms with van der Waals surface area (Å²) in [5, 5.41) is 29.2. The molecule has 0 aliphatic carbocycles. The Morgan fingerprint density at radius 2 is 0.734 bits per heavy atom. The monoisotopic (exact) mass is 914 g/mol. The lowest BCUT2D eigenvalue weighted by molar-refractivity contribution is -0.290. The molecule has 5 aromatic carbocycles. The highest BCUT2D eigenvalue weighted by Crippen LogP contribution is 2.59. The summed E-state index contributed by atoms with van der Waals surface area (Å²) < 4.78 is 179. The quantitative estimate of drug-likeness (QED) is 0.0609. The number of rotatable bonds is 10. The van der Waals surface area contributed by atoms with E-state index in [1.807, 2.05) is 5.32 Å². The van der Waals surface area contributed by atoms with E-state index < -0.39 is 104 Å². The van der Waals surface area contributed by atoms with Gasteiger partial charge in [0.1, 0.15) is 11.5 Å². The number of alkyl halides is 12. The third kappa shape index (κ3) is 8.57. The second-order valence-corrected chi connectivity index (χ2v) is 14.4. The van der Waals surface area contributed by atoms with Gasteiger partial charge < -0.3 is 31.5 Å². The first-order valence-electron chi connectivity index (χ1n) is 18.4. The Morgan fingerprint density at radius 3 is 1.08 bits per heavy atom. The molecule has 0 bridgehead atoms. The van der Waals surface area contributed by atoms with Crippen molar-refractivity contribution in [3.63, 3.8) is 0 Å². The van der Waals surface area contributed by atoms with Crippen LogP contribution in [0.4, 0.5) is 75.4 Å². The molecule has 0 aliphatic heterocycles. The molecule has 340 valence electrons. The summed E-state index contributed by atoms with van der Waals surface area (Å²) in [5.41, 5.74) is -17.7. The van der Waals surface area contributed by atoms with Crippen molar-refractivity contribution < 1.29 is 77.3 Å². The zero-order valence-corrected chi connectivity index (χ0v) is 33.4. The summed E-state index contributed by atoms with van der Waals surface area (Å²) in [5.74, 6) is -4.70. The molecule has 3 amide bonds. The van der Waals surface area contributed by atoms with E-state index in [0.29, 0.717) is 54.6 Å². The van der Waals surface area contributed by atoms with E-state index in [1.54, 1.807) is 0 Å². The highest BCUT2D eigenvalue weighted by Gasteiger charge is 2.74. The van der Waals surface area contributed by atoms with Crippen molar-refractivity contribution in [3.05, 3.63) is 142 Å². The van der Waals surface area contributed by atoms with Crippen LogP contribution in [-0.4, -0.2) is 59.7 Å². The van der Waals surface area contributed by atoms with Crippen LogP contribution in [0.25, 0.3) is 0 Å². The number of carbonyl (C=O) groups excluding carboxylic acids is 3. The van der Waals surface area contributed by atoms with Gasteiger partial charge >= 0.3 is 24.7 Å². The molecule has 21 heteroatoms. The topological polar surface area (TPSA) is 140 Å². The van der Waals surface area contributed by atoms with E-state index in [0.717, 1.165) is 50.4 Å². The first kappa shape index (κ1) is 48.1. The molecule has 0 saturated heterocycles. The molecule has 0 radical (unpaired) electrons. The largest absolute Gasteiger partial charge is 0.506 e. The lowest BCUT2D eigenvalue weighted by atomic mass is 9.72. The van der Waals surface area contributed by atoms with Crippen molar-refractivity contribution in [2.75, 3.05) is 28.3 Å². The minimum atomic E-state index is -6.11. The average molecular weight is 915 g/mol. The fourth-order valence-corrected chi connectivity index (χ4v) is 7.13. The molecule has 0 aliphatic rings. The molecule has 0 spiro atoms. The third-order valence-corrected chi connectivity index (χ3v) is 10.4. The number of aryl methyl sites for hydroxylation is 2. The summed E-state index contributed by atoms with van der Waals surface area (Å²) in [4.78, 5) is 38.2. The fourth-order valence-electron chi connectivity index (χ4n) is 7.13. The first-order valence-corrected chi connectivity index (χ1v) is 18.4. The molecule has 6 N–H and O–H groups in total. The van der Waals surface area contributed by atoms with Crippen LogP contribution < -0.4 is 21.3 Å².